The minimum absolute atomic E-state index is 0.0925. The first-order valence-electron chi connectivity index (χ1n) is 37.9. The van der Waals surface area contributed by atoms with Crippen molar-refractivity contribution in [1.29, 1.82) is 0 Å². The number of benzene rings is 7. The third-order valence-electron chi connectivity index (χ3n) is 21.2. The number of aromatic nitrogens is 2. The maximum Gasteiger partial charge on any atom is 0.330 e. The number of nitrogen functional groups attached to an aromatic ring is 1. The number of amides is 7. The maximum atomic E-state index is 16.3. The van der Waals surface area contributed by atoms with E-state index in [1.165, 1.54) is 25.2 Å². The highest BCUT2D eigenvalue weighted by molar-refractivity contribution is 8.01. The van der Waals surface area contributed by atoms with Crippen LogP contribution in [0.3, 0.4) is 0 Å². The molecule has 8 heterocycles. The highest BCUT2D eigenvalue weighted by Gasteiger charge is 2.53. The molecule has 0 saturated carbocycles. The van der Waals surface area contributed by atoms with Crippen LogP contribution in [-0.2, 0) is 59.1 Å². The SMILES string of the molecule is CN[C@H](CC(C)C)C(=O)N[C@H]1C(=O)N[C@@H](CC(N)=O)C(=O)N[C@H]2C(=O)N[C@H]3C(=O)N[C@H](C(=O)N[C@H](C(=O)O)c4cc(O)cc(O)c4-c4cc3ccc4O)[C@H](O)c3ccc(c(Cl)c3)Oc3cc2cc(c3O[C@@H]2O[C@H](CSc3nnc(N)s3)[C@@H](O)[C@H](O)[C@H]2O[C@H]2C[C@](C)(NCc3ccc(-c4ccc(Cl)cc4)cc3)[C@H](O)[C@H](C)O2)Oc2ccc(cc2Cl)[C@H]1O. The van der Waals surface area contributed by atoms with E-state index in [-0.39, 0.29) is 69.4 Å². The van der Waals surface area contributed by atoms with Crippen molar-refractivity contribution in [3.8, 4) is 68.2 Å². The van der Waals surface area contributed by atoms with Crippen molar-refractivity contribution in [3.05, 3.63) is 176 Å². The van der Waals surface area contributed by atoms with E-state index in [0.29, 0.717) is 9.36 Å². The molecule has 2 fully saturated rings. The van der Waals surface area contributed by atoms with E-state index >= 15 is 24.0 Å². The fourth-order valence-electron chi connectivity index (χ4n) is 14.8. The summed E-state index contributed by atoms with van der Waals surface area (Å²) in [7, 11) is 1.48. The highest BCUT2D eigenvalue weighted by atomic mass is 35.5. The molecule has 7 aliphatic rings. The summed E-state index contributed by atoms with van der Waals surface area (Å²) in [6, 6.07) is 14.5. The number of fused-ring (bicyclic) bond motifs is 15. The zero-order chi connectivity index (χ0) is 86.9. The average Bonchev–Trinajstić information content (AvgIpc) is 1.14. The first kappa shape index (κ1) is 88.1. The molecular formula is C81H85Cl3N12O23S2. The number of aliphatic hydroxyl groups is 5. The number of ether oxygens (including phenoxy) is 6. The quantitative estimate of drug-likeness (QED) is 0.0445. The Hall–Kier alpha value is -10.7. The van der Waals surface area contributed by atoms with Crippen LogP contribution in [0.25, 0.3) is 22.3 Å². The standard InChI is InChI=1S/C81H85Cl3N12O23S2/c1-32(2)20-47(87-5)71(106)93-62-64(101)38-13-18-51(45(83)22-38)115-53-24-40-25-54(68(53)119-78-69(67(104)66(103)55(117-78)31-120-80-96-95-79(86)121-80)118-57-29-81(4,70(105)33(3)114-57)88-30-34-6-8-35(9-7-34)36-10-15-41(82)16-11-36)116-52-19-14-39(23-46(52)84)65(102)63-76(111)92-61(77(112)113)44-26-42(97)27-50(99)58(44)43-21-37(12-17-49(43)98)59(73(108)94-63)91-74(109)60(40)90-72(107)48(28-56(85)100)89-75(62)110/h6-19,21-27,32-33,47-48,55,57,59-67,69-70,78,87-88,97-99,101-105H,20,28-31H2,1-5H3,(H2,85,100)(H2,86,95)(H,89,110)(H,90,107)(H,91,109)(H,92,111)(H,93,106)(H,94,108)(H,112,113)/t33-,47+,48-,55+,57-,59+,60+,61-,62+,63-,64+,65+,66+,67-,69+,70+,78-,81-/m0/s1. The van der Waals surface area contributed by atoms with Gasteiger partial charge in [-0.1, -0.05) is 126 Å². The molecule has 15 rings (SSSR count). The van der Waals surface area contributed by atoms with Gasteiger partial charge in [-0.2, -0.15) is 0 Å². The Bertz CT molecular complexity index is 5300. The number of aliphatic hydroxyl groups excluding tert-OH is 5. The molecule has 21 N–H and O–H groups in total. The van der Waals surface area contributed by atoms with Crippen LogP contribution in [0.15, 0.2) is 132 Å². The van der Waals surface area contributed by atoms with Gasteiger partial charge in [0.25, 0.3) is 0 Å². The smallest absolute Gasteiger partial charge is 0.330 e. The number of hydrogen-bond donors (Lipinski definition) is 19. The number of thioether (sulfide) groups is 1. The van der Waals surface area contributed by atoms with Gasteiger partial charge in [0.2, 0.25) is 58.5 Å². The lowest BCUT2D eigenvalue weighted by Crippen LogP contribution is -2.65. The van der Waals surface area contributed by atoms with Crippen LogP contribution in [-0.4, -0.2) is 195 Å². The molecule has 0 radical (unpaired) electrons. The molecule has 0 aliphatic carbocycles. The Morgan fingerprint density at radius 2 is 1.31 bits per heavy atom. The molecule has 121 heavy (non-hydrogen) atoms. The Balaban J connectivity index is 0.998. The fraction of sp³-hybridized carbons (Fsp3) is 0.358. The topological polar surface area (TPSA) is 548 Å². The van der Waals surface area contributed by atoms with Gasteiger partial charge in [0.1, 0.15) is 83.4 Å². The molecule has 40 heteroatoms. The number of nitrogens with two attached hydrogens (primary N) is 2. The number of likely N-dealkylation sites (N-methyl/N-ethyl adjacent to an activating group) is 1. The van der Waals surface area contributed by atoms with Crippen molar-refractivity contribution in [1.82, 2.24) is 52.7 Å². The Morgan fingerprint density at radius 1 is 0.694 bits per heavy atom. The minimum atomic E-state index is -2.37. The van der Waals surface area contributed by atoms with Gasteiger partial charge in [0.15, 0.2) is 34.3 Å². The first-order valence-corrected chi connectivity index (χ1v) is 40.8. The number of primary amides is 1. The number of phenols is 3. The lowest BCUT2D eigenvalue weighted by atomic mass is 9.84. The summed E-state index contributed by atoms with van der Waals surface area (Å²) >= 11 is 22.6. The number of hydrogen-bond acceptors (Lipinski definition) is 29. The first-order chi connectivity index (χ1) is 57.5. The second-order valence-corrected chi connectivity index (χ2v) is 33.7. The molecule has 7 aromatic carbocycles. The van der Waals surface area contributed by atoms with E-state index in [0.717, 1.165) is 100 Å². The van der Waals surface area contributed by atoms with Gasteiger partial charge in [-0.15, -0.1) is 10.2 Å². The number of aromatic hydroxyl groups is 3. The third-order valence-corrected chi connectivity index (χ3v) is 24.0. The lowest BCUT2D eigenvalue weighted by molar-refractivity contribution is -0.330. The zero-order valence-corrected chi connectivity index (χ0v) is 68.7. The summed E-state index contributed by atoms with van der Waals surface area (Å²) in [6.45, 7) is 7.18. The summed E-state index contributed by atoms with van der Waals surface area (Å²) < 4.78 is 40.9. The minimum Gasteiger partial charge on any atom is -0.508 e. The summed E-state index contributed by atoms with van der Waals surface area (Å²) in [6.07, 6.45) is -18.2. The average molecular weight is 1770 g/mol. The second-order valence-electron chi connectivity index (χ2n) is 30.2. The molecule has 640 valence electrons. The molecule has 18 atom stereocenters. The van der Waals surface area contributed by atoms with Gasteiger partial charge < -0.3 is 128 Å². The van der Waals surface area contributed by atoms with Crippen molar-refractivity contribution < 1.29 is 113 Å². The largest absolute Gasteiger partial charge is 0.508 e. The molecular weight excluding hydrogens is 1680 g/mol. The number of nitrogens with one attached hydrogen (secondary N) is 8. The number of rotatable bonds is 19. The monoisotopic (exact) mass is 1760 g/mol. The second kappa shape index (κ2) is 36.9. The molecule has 1 aromatic heterocycles. The van der Waals surface area contributed by atoms with Gasteiger partial charge in [-0.3, -0.25) is 33.6 Å². The number of carbonyl (C=O) groups excluding carboxylic acids is 7. The van der Waals surface area contributed by atoms with Gasteiger partial charge in [0.05, 0.1) is 40.8 Å². The Morgan fingerprint density at radius 3 is 1.93 bits per heavy atom. The number of halogens is 3. The normalized spacial score (nSPS) is 26.5. The summed E-state index contributed by atoms with van der Waals surface area (Å²) in [4.78, 5) is 119. The number of phenolic OH excluding ortho intramolecular Hbond substituents is 3. The third kappa shape index (κ3) is 19.6. The molecule has 35 nitrogen and oxygen atoms in total. The van der Waals surface area contributed by atoms with Crippen molar-refractivity contribution in [2.75, 3.05) is 18.5 Å². The van der Waals surface area contributed by atoms with Crippen molar-refractivity contribution >= 4 is 110 Å². The van der Waals surface area contributed by atoms with Crippen LogP contribution in [0, 0.1) is 5.92 Å². The van der Waals surface area contributed by atoms with Crippen LogP contribution in [0.5, 0.6) is 46.0 Å². The molecule has 7 amide bonds. The Kier molecular flexibility index (Phi) is 26.9. The van der Waals surface area contributed by atoms with Crippen LogP contribution in [0.2, 0.25) is 15.1 Å². The van der Waals surface area contributed by atoms with Gasteiger partial charge >= 0.3 is 5.97 Å². The van der Waals surface area contributed by atoms with Crippen molar-refractivity contribution in [2.45, 2.75) is 167 Å². The van der Waals surface area contributed by atoms with Gasteiger partial charge in [-0.05, 0) is 139 Å². The number of carbonyl (C=O) groups is 8. The summed E-state index contributed by atoms with van der Waals surface area (Å²) in [5.41, 5.74) is 10.4. The predicted octanol–water partition coefficient (Wildman–Crippen LogP) is 5.49. The fourth-order valence-corrected chi connectivity index (χ4v) is 17.1. The van der Waals surface area contributed by atoms with E-state index in [9.17, 15) is 60.3 Å². The molecule has 11 bridgehead atoms. The number of nitrogens with zero attached hydrogens (tertiary/aromatic N) is 2. The summed E-state index contributed by atoms with van der Waals surface area (Å²) in [5.74, 6) is -16.1. The molecule has 2 saturated heterocycles. The number of anilines is 1. The molecule has 7 aliphatic heterocycles. The predicted molar refractivity (Wildman–Crippen MR) is 437 cm³/mol. The van der Waals surface area contributed by atoms with Crippen LogP contribution < -0.4 is 68.2 Å². The van der Waals surface area contributed by atoms with E-state index in [4.69, 9.17) is 74.7 Å². The lowest BCUT2D eigenvalue weighted by Gasteiger charge is -2.48. The van der Waals surface area contributed by atoms with Crippen LogP contribution in [0.1, 0.15) is 111 Å². The summed E-state index contributed by atoms with van der Waals surface area (Å²) in [5, 5.41) is 136. The van der Waals surface area contributed by atoms with E-state index in [1.807, 2.05) is 50.2 Å². The zero-order valence-electron chi connectivity index (χ0n) is 64.8. The number of carboxylic acid groups (broad SMARTS) is 1. The molecule has 8 aromatic rings. The van der Waals surface area contributed by atoms with E-state index in [2.05, 4.69) is 52.7 Å². The highest BCUT2D eigenvalue weighted by Crippen LogP contribution is 2.50. The number of carboxylic acids is 1. The van der Waals surface area contributed by atoms with Crippen molar-refractivity contribution in [3.63, 3.8) is 0 Å². The Labute approximate surface area is 713 Å². The van der Waals surface area contributed by atoms with E-state index in [1.54, 1.807) is 26.0 Å². The number of aliphatic carboxylic acids is 1. The van der Waals surface area contributed by atoms with Gasteiger partial charge in [-0.25, -0.2) is 4.79 Å². The molecule has 0 spiro atoms. The van der Waals surface area contributed by atoms with Gasteiger partial charge in [0, 0.05) is 52.0 Å². The van der Waals surface area contributed by atoms with E-state index < -0.39 is 225 Å². The van der Waals surface area contributed by atoms with Crippen LogP contribution >= 0.6 is 57.9 Å². The molecule has 0 unspecified atom stereocenters. The van der Waals surface area contributed by atoms with Crippen LogP contribution in [0.4, 0.5) is 5.13 Å². The van der Waals surface area contributed by atoms with Crippen molar-refractivity contribution in [2.24, 2.45) is 11.7 Å². The maximum absolute atomic E-state index is 16.3.